The predicted octanol–water partition coefficient (Wildman–Crippen LogP) is 2.39. The van der Waals surface area contributed by atoms with Gasteiger partial charge in [-0.2, -0.15) is 0 Å². The summed E-state index contributed by atoms with van der Waals surface area (Å²) in [7, 11) is 0. The van der Waals surface area contributed by atoms with Gasteiger partial charge in [0.1, 0.15) is 5.56 Å². The van der Waals surface area contributed by atoms with Crippen molar-refractivity contribution in [2.24, 2.45) is 5.92 Å². The quantitative estimate of drug-likeness (QED) is 0.519. The summed E-state index contributed by atoms with van der Waals surface area (Å²) in [6.07, 6.45) is 2.51. The topological polar surface area (TPSA) is 9.23 Å². The molecule has 1 aliphatic heterocycles. The van der Waals surface area contributed by atoms with Crippen LogP contribution in [-0.2, 0) is 4.74 Å². The standard InChI is InChI=1S/C7H13ClO/c1-3-6-5(2)4-7(8)9-6/h5-7H,3-4H2,1-2H3/t5-,6-,7+/m1/s1. The van der Waals surface area contributed by atoms with Crippen molar-refractivity contribution < 1.29 is 4.74 Å². The van der Waals surface area contributed by atoms with E-state index in [0.717, 1.165) is 12.8 Å². The highest BCUT2D eigenvalue weighted by Gasteiger charge is 2.28. The summed E-state index contributed by atoms with van der Waals surface area (Å²) in [5, 5.41) is 0. The number of alkyl halides is 1. The Balaban J connectivity index is 2.38. The predicted molar refractivity (Wildman–Crippen MR) is 38.6 cm³/mol. The van der Waals surface area contributed by atoms with Crippen LogP contribution in [0.3, 0.4) is 0 Å². The maximum Gasteiger partial charge on any atom is 0.131 e. The van der Waals surface area contributed by atoms with Crippen molar-refractivity contribution in [3.63, 3.8) is 0 Å². The molecule has 0 aliphatic carbocycles. The molecule has 1 rings (SSSR count). The van der Waals surface area contributed by atoms with Crippen molar-refractivity contribution in [1.82, 2.24) is 0 Å². The van der Waals surface area contributed by atoms with E-state index in [1.807, 2.05) is 0 Å². The molecule has 54 valence electrons. The van der Waals surface area contributed by atoms with Crippen molar-refractivity contribution in [2.75, 3.05) is 0 Å². The zero-order valence-electron chi connectivity index (χ0n) is 5.93. The van der Waals surface area contributed by atoms with Gasteiger partial charge in [-0.05, 0) is 18.8 Å². The second-order valence-electron chi connectivity index (χ2n) is 2.71. The van der Waals surface area contributed by atoms with Gasteiger partial charge >= 0.3 is 0 Å². The number of hydrogen-bond donors (Lipinski definition) is 0. The van der Waals surface area contributed by atoms with Crippen molar-refractivity contribution in [3.05, 3.63) is 0 Å². The van der Waals surface area contributed by atoms with E-state index in [0.29, 0.717) is 12.0 Å². The zero-order valence-corrected chi connectivity index (χ0v) is 6.69. The molecule has 0 bridgehead atoms. The summed E-state index contributed by atoms with van der Waals surface area (Å²) < 4.78 is 5.39. The first-order valence-corrected chi connectivity index (χ1v) is 3.97. The maximum atomic E-state index is 5.76. The van der Waals surface area contributed by atoms with Gasteiger partial charge in [-0.3, -0.25) is 0 Å². The smallest absolute Gasteiger partial charge is 0.131 e. The Morgan fingerprint density at radius 3 is 2.56 bits per heavy atom. The normalized spacial score (nSPS) is 43.7. The lowest BCUT2D eigenvalue weighted by molar-refractivity contribution is 0.0721. The number of hydrogen-bond acceptors (Lipinski definition) is 1. The summed E-state index contributed by atoms with van der Waals surface area (Å²) in [5.41, 5.74) is -0.0232. The van der Waals surface area contributed by atoms with E-state index < -0.39 is 0 Å². The van der Waals surface area contributed by atoms with E-state index in [9.17, 15) is 0 Å². The third-order valence-electron chi connectivity index (χ3n) is 1.92. The molecule has 0 radical (unpaired) electrons. The van der Waals surface area contributed by atoms with E-state index in [1.165, 1.54) is 0 Å². The Kier molecular flexibility index (Phi) is 2.36. The molecule has 1 heterocycles. The van der Waals surface area contributed by atoms with Gasteiger partial charge in [-0.15, -0.1) is 0 Å². The first-order chi connectivity index (χ1) is 4.24. The van der Waals surface area contributed by atoms with Gasteiger partial charge in [0.25, 0.3) is 0 Å². The van der Waals surface area contributed by atoms with E-state index in [2.05, 4.69) is 13.8 Å². The SMILES string of the molecule is CC[C@H]1O[C@H](Cl)C[C@H]1C. The van der Waals surface area contributed by atoms with Crippen molar-refractivity contribution in [1.29, 1.82) is 0 Å². The molecule has 1 fully saturated rings. The first-order valence-electron chi connectivity index (χ1n) is 3.53. The van der Waals surface area contributed by atoms with Crippen molar-refractivity contribution in [2.45, 2.75) is 38.4 Å². The lowest BCUT2D eigenvalue weighted by Gasteiger charge is -2.09. The average molecular weight is 149 g/mol. The summed E-state index contributed by atoms with van der Waals surface area (Å²) in [5.74, 6) is 0.650. The van der Waals surface area contributed by atoms with E-state index in [4.69, 9.17) is 16.3 Å². The van der Waals surface area contributed by atoms with Gasteiger partial charge in [0.2, 0.25) is 0 Å². The summed E-state index contributed by atoms with van der Waals surface area (Å²) in [6, 6.07) is 0. The minimum Gasteiger partial charge on any atom is -0.359 e. The van der Waals surface area contributed by atoms with Crippen LogP contribution in [-0.4, -0.2) is 11.7 Å². The molecule has 0 amide bonds. The molecule has 3 atom stereocenters. The Hall–Kier alpha value is 0.250. The lowest BCUT2D eigenvalue weighted by Crippen LogP contribution is -2.11. The molecule has 0 aromatic carbocycles. The molecule has 1 nitrogen and oxygen atoms in total. The fraction of sp³-hybridized carbons (Fsp3) is 1.00. The summed E-state index contributed by atoms with van der Waals surface area (Å²) >= 11 is 5.76. The van der Waals surface area contributed by atoms with Gasteiger partial charge < -0.3 is 4.74 Å². The van der Waals surface area contributed by atoms with Crippen LogP contribution in [0.1, 0.15) is 26.7 Å². The van der Waals surface area contributed by atoms with Crippen molar-refractivity contribution >= 4 is 11.6 Å². The molecule has 0 saturated carbocycles. The highest BCUT2D eigenvalue weighted by molar-refractivity contribution is 6.19. The van der Waals surface area contributed by atoms with Crippen LogP contribution in [0, 0.1) is 5.92 Å². The Bertz CT molecular complexity index is 94.9. The van der Waals surface area contributed by atoms with Crippen molar-refractivity contribution in [3.8, 4) is 0 Å². The number of halogens is 1. The molecular weight excluding hydrogens is 136 g/mol. The molecule has 1 saturated heterocycles. The maximum absolute atomic E-state index is 5.76. The lowest BCUT2D eigenvalue weighted by atomic mass is 10.0. The van der Waals surface area contributed by atoms with E-state index in [-0.39, 0.29) is 5.56 Å². The molecule has 0 aromatic heterocycles. The highest BCUT2D eigenvalue weighted by Crippen LogP contribution is 2.29. The monoisotopic (exact) mass is 148 g/mol. The van der Waals surface area contributed by atoms with Crippen LogP contribution < -0.4 is 0 Å². The molecule has 0 spiro atoms. The number of ether oxygens (including phenoxy) is 1. The average Bonchev–Trinajstić information content (AvgIpc) is 2.10. The van der Waals surface area contributed by atoms with Crippen LogP contribution in [0.4, 0.5) is 0 Å². The van der Waals surface area contributed by atoms with E-state index in [1.54, 1.807) is 0 Å². The van der Waals surface area contributed by atoms with Gasteiger partial charge in [0.15, 0.2) is 0 Å². The fourth-order valence-electron chi connectivity index (χ4n) is 1.32. The second kappa shape index (κ2) is 2.89. The Labute approximate surface area is 61.3 Å². The minimum atomic E-state index is -0.0232. The molecule has 0 aromatic rings. The fourth-order valence-corrected chi connectivity index (χ4v) is 1.74. The largest absolute Gasteiger partial charge is 0.359 e. The molecule has 9 heavy (non-hydrogen) atoms. The zero-order chi connectivity index (χ0) is 6.85. The van der Waals surface area contributed by atoms with Crippen LogP contribution in [0.15, 0.2) is 0 Å². The molecule has 0 N–H and O–H groups in total. The Morgan fingerprint density at radius 2 is 2.33 bits per heavy atom. The summed E-state index contributed by atoms with van der Waals surface area (Å²) in [6.45, 7) is 4.33. The van der Waals surface area contributed by atoms with Crippen LogP contribution in [0.25, 0.3) is 0 Å². The molecule has 1 aliphatic rings. The third kappa shape index (κ3) is 1.59. The second-order valence-corrected chi connectivity index (χ2v) is 3.19. The van der Waals surface area contributed by atoms with Gasteiger partial charge in [-0.1, -0.05) is 25.4 Å². The molecular formula is C7H13ClO. The van der Waals surface area contributed by atoms with Gasteiger partial charge in [0.05, 0.1) is 6.10 Å². The van der Waals surface area contributed by atoms with Crippen LogP contribution in [0.5, 0.6) is 0 Å². The van der Waals surface area contributed by atoms with Gasteiger partial charge in [0, 0.05) is 0 Å². The van der Waals surface area contributed by atoms with Crippen LogP contribution >= 0.6 is 11.6 Å². The summed E-state index contributed by atoms with van der Waals surface area (Å²) in [4.78, 5) is 0. The highest BCUT2D eigenvalue weighted by atomic mass is 35.5. The van der Waals surface area contributed by atoms with Gasteiger partial charge in [-0.25, -0.2) is 0 Å². The third-order valence-corrected chi connectivity index (χ3v) is 2.20. The van der Waals surface area contributed by atoms with E-state index >= 15 is 0 Å². The van der Waals surface area contributed by atoms with Crippen LogP contribution in [0.2, 0.25) is 0 Å². The molecule has 2 heteroatoms. The first kappa shape index (κ1) is 7.36. The minimum absolute atomic E-state index is 0.0232. The molecule has 0 unspecified atom stereocenters. The Morgan fingerprint density at radius 1 is 1.67 bits per heavy atom. The number of rotatable bonds is 1.